The molecule has 0 saturated heterocycles. The lowest BCUT2D eigenvalue weighted by atomic mass is 10.1. The third-order valence-electron chi connectivity index (χ3n) is 3.87. The monoisotopic (exact) mass is 403 g/mol. The topological polar surface area (TPSA) is 64.6 Å². The van der Waals surface area contributed by atoms with Crippen molar-refractivity contribution in [3.63, 3.8) is 0 Å². The van der Waals surface area contributed by atoms with Gasteiger partial charge in [-0.2, -0.15) is 0 Å². The van der Waals surface area contributed by atoms with Crippen LogP contribution in [0, 0.1) is 0 Å². The molecule has 0 saturated carbocycles. The zero-order valence-electron chi connectivity index (χ0n) is 13.6. The highest BCUT2D eigenvalue weighted by Gasteiger charge is 2.16. The number of Topliss-reactive ketones (excluding diaryl/α,β-unsaturated/α-hetero) is 1. The number of hydrogen-bond acceptors (Lipinski definition) is 4. The molecule has 6 heteroatoms. The summed E-state index contributed by atoms with van der Waals surface area (Å²) >= 11 is 3.33. The van der Waals surface area contributed by atoms with Gasteiger partial charge in [-0.25, -0.2) is 0 Å². The fourth-order valence-electron chi connectivity index (χ4n) is 2.56. The van der Waals surface area contributed by atoms with Gasteiger partial charge in [0, 0.05) is 35.0 Å². The van der Waals surface area contributed by atoms with Crippen LogP contribution in [0.2, 0.25) is 0 Å². The second kappa shape index (κ2) is 8.16. The van der Waals surface area contributed by atoms with Crippen LogP contribution in [0.15, 0.2) is 46.9 Å². The zero-order valence-corrected chi connectivity index (χ0v) is 15.2. The minimum absolute atomic E-state index is 0.0449. The highest BCUT2D eigenvalue weighted by molar-refractivity contribution is 9.10. The van der Waals surface area contributed by atoms with Crippen molar-refractivity contribution in [2.24, 2.45) is 0 Å². The molecule has 3 rings (SSSR count). The van der Waals surface area contributed by atoms with Crippen LogP contribution in [-0.4, -0.2) is 24.9 Å². The first kappa shape index (κ1) is 17.5. The number of fused-ring (bicyclic) bond motifs is 1. The van der Waals surface area contributed by atoms with Crippen LogP contribution in [0.1, 0.15) is 28.8 Å². The number of carbonyl (C=O) groups is 2. The summed E-state index contributed by atoms with van der Waals surface area (Å²) in [5.41, 5.74) is 1.48. The van der Waals surface area contributed by atoms with E-state index in [1.165, 1.54) is 0 Å². The average molecular weight is 404 g/mol. The molecule has 0 radical (unpaired) electrons. The molecular weight excluding hydrogens is 386 g/mol. The predicted octanol–water partition coefficient (Wildman–Crippen LogP) is 3.50. The van der Waals surface area contributed by atoms with Crippen LogP contribution in [0.3, 0.4) is 0 Å². The summed E-state index contributed by atoms with van der Waals surface area (Å²) in [5.74, 6) is 1.17. The van der Waals surface area contributed by atoms with Crippen LogP contribution in [0.25, 0.3) is 0 Å². The number of amides is 1. The molecule has 1 heterocycles. The molecule has 2 aromatic rings. The van der Waals surface area contributed by atoms with Crippen molar-refractivity contribution in [3.05, 3.63) is 58.1 Å². The van der Waals surface area contributed by atoms with E-state index in [9.17, 15) is 9.59 Å². The smallest absolute Gasteiger partial charge is 0.220 e. The van der Waals surface area contributed by atoms with Crippen LogP contribution >= 0.6 is 15.9 Å². The Morgan fingerprint density at radius 3 is 2.56 bits per heavy atom. The normalized spacial score (nSPS) is 12.5. The van der Waals surface area contributed by atoms with Gasteiger partial charge in [0.1, 0.15) is 13.2 Å². The minimum atomic E-state index is -0.167. The van der Waals surface area contributed by atoms with Gasteiger partial charge in [0.25, 0.3) is 0 Å². The van der Waals surface area contributed by atoms with Gasteiger partial charge < -0.3 is 14.8 Å². The van der Waals surface area contributed by atoms with Gasteiger partial charge in [-0.05, 0) is 18.2 Å². The quantitative estimate of drug-likeness (QED) is 0.749. The number of ketones is 1. The van der Waals surface area contributed by atoms with Gasteiger partial charge in [0.15, 0.2) is 17.3 Å². The summed E-state index contributed by atoms with van der Waals surface area (Å²) in [6, 6.07) is 12.7. The molecule has 1 aliphatic rings. The van der Waals surface area contributed by atoms with E-state index in [0.717, 1.165) is 10.0 Å². The van der Waals surface area contributed by atoms with Crippen molar-refractivity contribution in [1.82, 2.24) is 5.32 Å². The molecule has 2 aromatic carbocycles. The summed E-state index contributed by atoms with van der Waals surface area (Å²) in [4.78, 5) is 24.1. The Hall–Kier alpha value is -2.34. The number of benzene rings is 2. The van der Waals surface area contributed by atoms with E-state index >= 15 is 0 Å². The molecule has 0 aliphatic carbocycles. The average Bonchev–Trinajstić information content (AvgIpc) is 2.65. The molecule has 0 aromatic heterocycles. The molecule has 1 aliphatic heterocycles. The van der Waals surface area contributed by atoms with Crippen molar-refractivity contribution in [2.45, 2.75) is 19.4 Å². The standard InChI is InChI=1S/C19H18BrNO4/c20-15-6-4-13(5-7-15)16(22)8-9-18(23)21-12-14-2-1-3-17-19(14)25-11-10-24-17/h1-7H,8-12H2,(H,21,23). The fourth-order valence-corrected chi connectivity index (χ4v) is 2.83. The Bertz CT molecular complexity index is 773. The van der Waals surface area contributed by atoms with E-state index in [1.54, 1.807) is 12.1 Å². The number of halogens is 1. The summed E-state index contributed by atoms with van der Waals surface area (Å²) in [6.45, 7) is 1.37. The highest BCUT2D eigenvalue weighted by atomic mass is 79.9. The second-order valence-corrected chi connectivity index (χ2v) is 6.56. The van der Waals surface area contributed by atoms with Gasteiger partial charge in [0.2, 0.25) is 5.91 Å². The number of ether oxygens (including phenoxy) is 2. The Kier molecular flexibility index (Phi) is 5.71. The van der Waals surface area contributed by atoms with E-state index in [4.69, 9.17) is 9.47 Å². The number of nitrogens with one attached hydrogen (secondary N) is 1. The molecular formula is C19H18BrNO4. The van der Waals surface area contributed by atoms with Crippen molar-refractivity contribution < 1.29 is 19.1 Å². The van der Waals surface area contributed by atoms with Gasteiger partial charge in [-0.15, -0.1) is 0 Å². The third kappa shape index (κ3) is 4.60. The van der Waals surface area contributed by atoms with E-state index in [-0.39, 0.29) is 24.5 Å². The molecule has 0 atom stereocenters. The lowest BCUT2D eigenvalue weighted by molar-refractivity contribution is -0.121. The van der Waals surface area contributed by atoms with Crippen LogP contribution < -0.4 is 14.8 Å². The van der Waals surface area contributed by atoms with Crippen molar-refractivity contribution >= 4 is 27.6 Å². The van der Waals surface area contributed by atoms with Crippen molar-refractivity contribution in [2.75, 3.05) is 13.2 Å². The zero-order chi connectivity index (χ0) is 17.6. The molecule has 5 nitrogen and oxygen atoms in total. The molecule has 0 fully saturated rings. The number of para-hydroxylation sites is 1. The molecule has 0 unspecified atom stereocenters. The molecule has 1 amide bonds. The maximum atomic E-state index is 12.1. The lowest BCUT2D eigenvalue weighted by Gasteiger charge is -2.21. The van der Waals surface area contributed by atoms with Crippen molar-refractivity contribution in [3.8, 4) is 11.5 Å². The predicted molar refractivity (Wildman–Crippen MR) is 97.0 cm³/mol. The number of hydrogen-bond donors (Lipinski definition) is 1. The Morgan fingerprint density at radius 1 is 1.00 bits per heavy atom. The van der Waals surface area contributed by atoms with E-state index in [2.05, 4.69) is 21.2 Å². The first-order chi connectivity index (χ1) is 12.1. The Balaban J connectivity index is 1.50. The van der Waals surface area contributed by atoms with Gasteiger partial charge in [0.05, 0.1) is 0 Å². The number of carbonyl (C=O) groups excluding carboxylic acids is 2. The van der Waals surface area contributed by atoms with Crippen LogP contribution in [0.5, 0.6) is 11.5 Å². The maximum absolute atomic E-state index is 12.1. The second-order valence-electron chi connectivity index (χ2n) is 5.65. The van der Waals surface area contributed by atoms with Crippen LogP contribution in [-0.2, 0) is 11.3 Å². The Labute approximate surface area is 154 Å². The molecule has 25 heavy (non-hydrogen) atoms. The third-order valence-corrected chi connectivity index (χ3v) is 4.40. The SMILES string of the molecule is O=C(CCC(=O)c1ccc(Br)cc1)NCc1cccc2c1OCCO2. The van der Waals surface area contributed by atoms with Gasteiger partial charge in [-0.1, -0.05) is 40.2 Å². The first-order valence-corrected chi connectivity index (χ1v) is 8.86. The largest absolute Gasteiger partial charge is 0.486 e. The first-order valence-electron chi connectivity index (χ1n) is 8.06. The molecule has 0 bridgehead atoms. The number of rotatable bonds is 6. The summed E-state index contributed by atoms with van der Waals surface area (Å²) in [5, 5.41) is 2.83. The molecule has 1 N–H and O–H groups in total. The van der Waals surface area contributed by atoms with Crippen molar-refractivity contribution in [1.29, 1.82) is 0 Å². The summed E-state index contributed by atoms with van der Waals surface area (Å²) < 4.78 is 12.1. The van der Waals surface area contributed by atoms with Crippen LogP contribution in [0.4, 0.5) is 0 Å². The minimum Gasteiger partial charge on any atom is -0.486 e. The van der Waals surface area contributed by atoms with Gasteiger partial charge in [-0.3, -0.25) is 9.59 Å². The van der Waals surface area contributed by atoms with E-state index in [1.807, 2.05) is 30.3 Å². The summed E-state index contributed by atoms with van der Waals surface area (Å²) in [7, 11) is 0. The molecule has 130 valence electrons. The fraction of sp³-hybridized carbons (Fsp3) is 0.263. The molecule has 0 spiro atoms. The Morgan fingerprint density at radius 2 is 1.76 bits per heavy atom. The maximum Gasteiger partial charge on any atom is 0.220 e. The van der Waals surface area contributed by atoms with Gasteiger partial charge >= 0.3 is 0 Å². The van der Waals surface area contributed by atoms with E-state index in [0.29, 0.717) is 36.8 Å². The highest BCUT2D eigenvalue weighted by Crippen LogP contribution is 2.33. The lowest BCUT2D eigenvalue weighted by Crippen LogP contribution is -2.24. The van der Waals surface area contributed by atoms with E-state index < -0.39 is 0 Å². The summed E-state index contributed by atoms with van der Waals surface area (Å²) in [6.07, 6.45) is 0.335.